The molecule has 0 saturated heterocycles. The highest BCUT2D eigenvalue weighted by Gasteiger charge is 2.24. The molecule has 0 fully saturated rings. The Morgan fingerprint density at radius 2 is 2.00 bits per heavy atom. The number of carbonyl (C=O) groups is 1. The molecule has 0 saturated carbocycles. The predicted octanol–water partition coefficient (Wildman–Crippen LogP) is 4.37. The molecule has 122 valence electrons. The van der Waals surface area contributed by atoms with Gasteiger partial charge in [-0.1, -0.05) is 65.0 Å². The third kappa shape index (κ3) is 4.31. The summed E-state index contributed by atoms with van der Waals surface area (Å²) in [6.45, 7) is 1.89. The molecule has 1 aromatic carbocycles. The number of hydrogen-bond acceptors (Lipinski definition) is 6. The van der Waals surface area contributed by atoms with Crippen LogP contribution in [-0.4, -0.2) is 21.1 Å². The molecule has 1 N–H and O–H groups in total. The van der Waals surface area contributed by atoms with E-state index in [-0.39, 0.29) is 5.91 Å². The number of benzene rings is 1. The van der Waals surface area contributed by atoms with Crippen LogP contribution in [0.15, 0.2) is 53.0 Å². The number of rotatable bonds is 5. The van der Waals surface area contributed by atoms with Gasteiger partial charge >= 0.3 is 0 Å². The van der Waals surface area contributed by atoms with Crippen molar-refractivity contribution in [3.63, 3.8) is 0 Å². The molecule has 3 aromatic rings. The lowest BCUT2D eigenvalue weighted by Crippen LogP contribution is -2.19. The number of hydrogen-bond donors (Lipinski definition) is 1. The topological polar surface area (TPSA) is 67.8 Å². The number of halogens is 1. The van der Waals surface area contributed by atoms with Gasteiger partial charge in [0, 0.05) is 6.20 Å². The highest BCUT2D eigenvalue weighted by atomic mass is 35.5. The zero-order valence-corrected chi connectivity index (χ0v) is 15.0. The van der Waals surface area contributed by atoms with E-state index in [0.29, 0.717) is 10.8 Å². The summed E-state index contributed by atoms with van der Waals surface area (Å²) in [4.78, 5) is 16.9. The number of carbonyl (C=O) groups excluding carboxylic acids is 1. The molecule has 5 nitrogen and oxygen atoms in total. The molecule has 0 radical (unpaired) electrons. The Balaban J connectivity index is 1.83. The van der Waals surface area contributed by atoms with Crippen LogP contribution >= 0.6 is 34.7 Å². The fourth-order valence-corrected chi connectivity index (χ4v) is 4.09. The number of aromatic nitrogens is 3. The normalized spacial score (nSPS) is 11.9. The third-order valence-corrected chi connectivity index (χ3v) is 5.45. The lowest BCUT2D eigenvalue weighted by Gasteiger charge is -2.15. The minimum absolute atomic E-state index is 0.172. The van der Waals surface area contributed by atoms with Gasteiger partial charge in [-0.3, -0.25) is 4.79 Å². The zero-order chi connectivity index (χ0) is 16.9. The number of aryl methyl sites for hydroxylation is 1. The first-order valence-corrected chi connectivity index (χ1v) is 9.13. The maximum atomic E-state index is 12.8. The van der Waals surface area contributed by atoms with Gasteiger partial charge in [0.2, 0.25) is 5.91 Å². The Bertz CT molecular complexity index is 824. The van der Waals surface area contributed by atoms with E-state index >= 15 is 0 Å². The molecule has 1 atom stereocenters. The van der Waals surface area contributed by atoms with E-state index in [4.69, 9.17) is 11.6 Å². The van der Waals surface area contributed by atoms with Crippen LogP contribution in [-0.2, 0) is 4.79 Å². The predicted molar refractivity (Wildman–Crippen MR) is 97.6 cm³/mol. The molecule has 0 aliphatic heterocycles. The van der Waals surface area contributed by atoms with E-state index in [9.17, 15) is 4.79 Å². The second kappa shape index (κ2) is 7.74. The largest absolute Gasteiger partial charge is 0.309 e. The molecular formula is C16H13ClN4OS2. The first kappa shape index (κ1) is 16.9. The van der Waals surface area contributed by atoms with Gasteiger partial charge in [0.1, 0.15) is 16.1 Å². The summed E-state index contributed by atoms with van der Waals surface area (Å²) in [5.41, 5.74) is 0.891. The van der Waals surface area contributed by atoms with Crippen molar-refractivity contribution in [2.75, 3.05) is 5.32 Å². The molecule has 0 aliphatic carbocycles. The maximum absolute atomic E-state index is 12.8. The molecule has 8 heteroatoms. The molecule has 24 heavy (non-hydrogen) atoms. The van der Waals surface area contributed by atoms with Gasteiger partial charge in [-0.15, -0.1) is 10.2 Å². The van der Waals surface area contributed by atoms with Gasteiger partial charge in [0.05, 0.1) is 5.02 Å². The number of amides is 1. The van der Waals surface area contributed by atoms with E-state index in [1.165, 1.54) is 29.3 Å². The first-order chi connectivity index (χ1) is 11.6. The summed E-state index contributed by atoms with van der Waals surface area (Å²) < 4.78 is 0.751. The van der Waals surface area contributed by atoms with Crippen LogP contribution in [0.5, 0.6) is 0 Å². The van der Waals surface area contributed by atoms with Gasteiger partial charge in [0.15, 0.2) is 4.34 Å². The van der Waals surface area contributed by atoms with Crippen molar-refractivity contribution >= 4 is 46.4 Å². The van der Waals surface area contributed by atoms with E-state index in [1.807, 2.05) is 37.3 Å². The summed E-state index contributed by atoms with van der Waals surface area (Å²) in [7, 11) is 0. The SMILES string of the molecule is Cc1nnc(S[C@H](C(=O)Nc2ccc(Cl)cn2)c2ccccc2)s1. The van der Waals surface area contributed by atoms with Crippen molar-refractivity contribution in [1.82, 2.24) is 15.2 Å². The van der Waals surface area contributed by atoms with Crippen LogP contribution < -0.4 is 5.32 Å². The second-order valence-electron chi connectivity index (χ2n) is 4.85. The summed E-state index contributed by atoms with van der Waals surface area (Å²) in [5, 5.41) is 11.9. The van der Waals surface area contributed by atoms with Crippen molar-refractivity contribution in [2.24, 2.45) is 0 Å². The zero-order valence-electron chi connectivity index (χ0n) is 12.6. The molecule has 0 aliphatic rings. The monoisotopic (exact) mass is 376 g/mol. The van der Waals surface area contributed by atoms with Crippen LogP contribution in [0.4, 0.5) is 5.82 Å². The standard InChI is InChI=1S/C16H13ClN4OS2/c1-10-20-21-16(23-10)24-14(11-5-3-2-4-6-11)15(22)19-13-8-7-12(17)9-18-13/h2-9,14H,1H3,(H,18,19,22)/t14-/m0/s1. The van der Waals surface area contributed by atoms with Crippen LogP contribution in [0.2, 0.25) is 5.02 Å². The van der Waals surface area contributed by atoms with Gasteiger partial charge in [-0.25, -0.2) is 4.98 Å². The van der Waals surface area contributed by atoms with E-state index in [0.717, 1.165) is 14.9 Å². The molecule has 2 heterocycles. The summed E-state index contributed by atoms with van der Waals surface area (Å²) in [6, 6.07) is 12.9. The van der Waals surface area contributed by atoms with Crippen LogP contribution in [0.3, 0.4) is 0 Å². The minimum Gasteiger partial charge on any atom is -0.309 e. The average Bonchev–Trinajstić information content (AvgIpc) is 3.00. The summed E-state index contributed by atoms with van der Waals surface area (Å²) >= 11 is 8.66. The maximum Gasteiger partial charge on any atom is 0.243 e. The van der Waals surface area contributed by atoms with Gasteiger partial charge in [-0.05, 0) is 24.6 Å². The van der Waals surface area contributed by atoms with Gasteiger partial charge in [0.25, 0.3) is 0 Å². The Kier molecular flexibility index (Phi) is 5.44. The summed E-state index contributed by atoms with van der Waals surface area (Å²) in [5.74, 6) is 0.285. The van der Waals surface area contributed by atoms with Crippen molar-refractivity contribution in [3.8, 4) is 0 Å². The average molecular weight is 377 g/mol. The Morgan fingerprint density at radius 3 is 2.62 bits per heavy atom. The second-order valence-corrected chi connectivity index (χ2v) is 7.82. The molecule has 0 spiro atoms. The molecule has 0 unspecified atom stereocenters. The Labute approximate surface area is 152 Å². The van der Waals surface area contributed by atoms with Crippen LogP contribution in [0.1, 0.15) is 15.8 Å². The quantitative estimate of drug-likeness (QED) is 0.670. The fourth-order valence-electron chi connectivity index (χ4n) is 1.97. The number of pyridine rings is 1. The molecule has 0 bridgehead atoms. The molecule has 2 aromatic heterocycles. The smallest absolute Gasteiger partial charge is 0.243 e. The van der Waals surface area contributed by atoms with Crippen LogP contribution in [0, 0.1) is 6.92 Å². The van der Waals surface area contributed by atoms with Crippen molar-refractivity contribution in [3.05, 3.63) is 64.3 Å². The number of nitrogens with zero attached hydrogens (tertiary/aromatic N) is 3. The van der Waals surface area contributed by atoms with E-state index < -0.39 is 5.25 Å². The van der Waals surface area contributed by atoms with Crippen molar-refractivity contribution < 1.29 is 4.79 Å². The van der Waals surface area contributed by atoms with E-state index in [1.54, 1.807) is 12.1 Å². The number of anilines is 1. The Hall–Kier alpha value is -1.96. The Morgan fingerprint density at radius 1 is 1.21 bits per heavy atom. The third-order valence-electron chi connectivity index (χ3n) is 3.05. The van der Waals surface area contributed by atoms with Gasteiger partial charge < -0.3 is 5.32 Å². The molecular weight excluding hydrogens is 364 g/mol. The van der Waals surface area contributed by atoms with E-state index in [2.05, 4.69) is 20.5 Å². The lowest BCUT2D eigenvalue weighted by molar-refractivity contribution is -0.115. The summed E-state index contributed by atoms with van der Waals surface area (Å²) in [6.07, 6.45) is 1.50. The van der Waals surface area contributed by atoms with Gasteiger partial charge in [-0.2, -0.15) is 0 Å². The van der Waals surface area contributed by atoms with Crippen molar-refractivity contribution in [2.45, 2.75) is 16.5 Å². The number of nitrogens with one attached hydrogen (secondary N) is 1. The molecule has 1 amide bonds. The van der Waals surface area contributed by atoms with Crippen molar-refractivity contribution in [1.29, 1.82) is 0 Å². The number of thioether (sulfide) groups is 1. The highest BCUT2D eigenvalue weighted by Crippen LogP contribution is 2.37. The van der Waals surface area contributed by atoms with Crippen LogP contribution in [0.25, 0.3) is 0 Å². The lowest BCUT2D eigenvalue weighted by atomic mass is 10.1. The highest BCUT2D eigenvalue weighted by molar-refractivity contribution is 8.01. The minimum atomic E-state index is -0.448. The fraction of sp³-hybridized carbons (Fsp3) is 0.125. The first-order valence-electron chi connectivity index (χ1n) is 7.06. The molecule has 3 rings (SSSR count).